The van der Waals surface area contributed by atoms with E-state index < -0.39 is 0 Å². The fourth-order valence-electron chi connectivity index (χ4n) is 2.29. The molecule has 0 saturated carbocycles. The normalized spacial score (nSPS) is 13.2. The average Bonchev–Trinajstić information content (AvgIpc) is 2.57. The summed E-state index contributed by atoms with van der Waals surface area (Å²) < 4.78 is 4.92. The first-order valence-corrected chi connectivity index (χ1v) is 8.69. The molecule has 134 valence electrons. The van der Waals surface area contributed by atoms with Crippen molar-refractivity contribution in [2.75, 3.05) is 50.5 Å². The van der Waals surface area contributed by atoms with Gasteiger partial charge in [-0.15, -0.1) is 24.2 Å². The molecular formula is C16H24ClN3O3S. The van der Waals surface area contributed by atoms with Crippen molar-refractivity contribution in [3.05, 3.63) is 24.3 Å². The molecule has 2 rings (SSSR count). The number of methoxy groups -OCH3 is 1. The summed E-state index contributed by atoms with van der Waals surface area (Å²) in [6.07, 6.45) is 0.308. The number of para-hydroxylation sites is 1. The Kier molecular flexibility index (Phi) is 9.78. The molecule has 0 atom stereocenters. The predicted molar refractivity (Wildman–Crippen MR) is 99.1 cm³/mol. The molecule has 1 aromatic carbocycles. The van der Waals surface area contributed by atoms with Crippen LogP contribution < -0.4 is 15.5 Å². The van der Waals surface area contributed by atoms with Crippen LogP contribution >= 0.6 is 24.2 Å². The molecule has 0 bridgehead atoms. The van der Waals surface area contributed by atoms with Gasteiger partial charge in [0.05, 0.1) is 18.0 Å². The van der Waals surface area contributed by atoms with Gasteiger partial charge in [0.1, 0.15) is 0 Å². The van der Waals surface area contributed by atoms with Crippen LogP contribution in [0.2, 0.25) is 0 Å². The van der Waals surface area contributed by atoms with Gasteiger partial charge in [-0.25, -0.2) is 0 Å². The number of carbonyl (C=O) groups excluding carboxylic acids is 2. The Labute approximate surface area is 153 Å². The zero-order valence-electron chi connectivity index (χ0n) is 13.7. The Bertz CT molecular complexity index is 545. The summed E-state index contributed by atoms with van der Waals surface area (Å²) in [5.74, 6) is 0.451. The maximum atomic E-state index is 12.1. The molecule has 1 aliphatic heterocycles. The Morgan fingerprint density at radius 3 is 2.88 bits per heavy atom. The number of ether oxygens (including phenoxy) is 1. The Hall–Kier alpha value is -1.28. The van der Waals surface area contributed by atoms with Crippen LogP contribution in [0.15, 0.2) is 29.2 Å². The van der Waals surface area contributed by atoms with Gasteiger partial charge < -0.3 is 20.3 Å². The molecule has 8 heteroatoms. The van der Waals surface area contributed by atoms with E-state index >= 15 is 0 Å². The summed E-state index contributed by atoms with van der Waals surface area (Å²) in [5.41, 5.74) is 0.905. The number of hydrogen-bond donors (Lipinski definition) is 2. The first kappa shape index (κ1) is 20.8. The number of thioether (sulfide) groups is 1. The van der Waals surface area contributed by atoms with Crippen LogP contribution in [-0.2, 0) is 14.3 Å². The topological polar surface area (TPSA) is 70.7 Å². The van der Waals surface area contributed by atoms with E-state index in [-0.39, 0.29) is 24.2 Å². The fourth-order valence-corrected chi connectivity index (χ4v) is 3.23. The first-order valence-electron chi connectivity index (χ1n) is 7.71. The van der Waals surface area contributed by atoms with E-state index in [0.29, 0.717) is 38.4 Å². The highest BCUT2D eigenvalue weighted by Crippen LogP contribution is 2.34. The minimum atomic E-state index is -0.0398. The lowest BCUT2D eigenvalue weighted by atomic mass is 10.2. The number of halogens is 1. The number of amides is 2. The van der Waals surface area contributed by atoms with Crippen LogP contribution in [0.5, 0.6) is 0 Å². The second-order valence-corrected chi connectivity index (χ2v) is 6.16. The van der Waals surface area contributed by atoms with Gasteiger partial charge in [-0.3, -0.25) is 9.59 Å². The van der Waals surface area contributed by atoms with E-state index in [9.17, 15) is 9.59 Å². The molecule has 0 aromatic heterocycles. The molecule has 1 heterocycles. The molecule has 0 spiro atoms. The minimum Gasteiger partial charge on any atom is -0.383 e. The zero-order valence-corrected chi connectivity index (χ0v) is 15.4. The highest BCUT2D eigenvalue weighted by molar-refractivity contribution is 8.00. The van der Waals surface area contributed by atoms with Gasteiger partial charge in [-0.2, -0.15) is 0 Å². The molecule has 2 N–H and O–H groups in total. The van der Waals surface area contributed by atoms with Gasteiger partial charge >= 0.3 is 0 Å². The molecule has 24 heavy (non-hydrogen) atoms. The standard InChI is InChI=1S/C16H23N3O3S.ClH/c1-22-11-9-17-7-8-18-15(20)6-10-19-13-4-2-3-5-14(13)23-12-16(19)21;/h2-5,17H,6-12H2,1H3,(H,18,20);1H. The van der Waals surface area contributed by atoms with Crippen molar-refractivity contribution in [1.29, 1.82) is 0 Å². The van der Waals surface area contributed by atoms with Crippen molar-refractivity contribution in [1.82, 2.24) is 10.6 Å². The zero-order chi connectivity index (χ0) is 16.5. The second-order valence-electron chi connectivity index (χ2n) is 5.14. The molecule has 0 fully saturated rings. The summed E-state index contributed by atoms with van der Waals surface area (Å²) in [5, 5.41) is 6.01. The van der Waals surface area contributed by atoms with Crippen molar-refractivity contribution < 1.29 is 14.3 Å². The molecule has 1 aromatic rings. The summed E-state index contributed by atoms with van der Waals surface area (Å²) >= 11 is 1.55. The lowest BCUT2D eigenvalue weighted by molar-refractivity contribution is -0.121. The SMILES string of the molecule is COCCNCCNC(=O)CCN1C(=O)CSc2ccccc21.Cl. The number of carbonyl (C=O) groups is 2. The van der Waals surface area contributed by atoms with Crippen LogP contribution in [0.3, 0.4) is 0 Å². The molecule has 0 radical (unpaired) electrons. The van der Waals surface area contributed by atoms with Gasteiger partial charge in [-0.05, 0) is 12.1 Å². The quantitative estimate of drug-likeness (QED) is 0.638. The third-order valence-corrected chi connectivity index (χ3v) is 4.53. The summed E-state index contributed by atoms with van der Waals surface area (Å²) in [6, 6.07) is 7.81. The third-order valence-electron chi connectivity index (χ3n) is 3.48. The summed E-state index contributed by atoms with van der Waals surface area (Å²) in [7, 11) is 1.65. The van der Waals surface area contributed by atoms with Crippen molar-refractivity contribution in [2.24, 2.45) is 0 Å². The number of benzene rings is 1. The monoisotopic (exact) mass is 373 g/mol. The number of fused-ring (bicyclic) bond motifs is 1. The van der Waals surface area contributed by atoms with Gasteiger partial charge in [0.2, 0.25) is 11.8 Å². The van der Waals surface area contributed by atoms with E-state index in [4.69, 9.17) is 4.74 Å². The molecule has 6 nitrogen and oxygen atoms in total. The molecular weight excluding hydrogens is 350 g/mol. The highest BCUT2D eigenvalue weighted by Gasteiger charge is 2.24. The Balaban J connectivity index is 0.00000288. The largest absolute Gasteiger partial charge is 0.383 e. The van der Waals surface area contributed by atoms with E-state index in [1.165, 1.54) is 0 Å². The molecule has 0 saturated heterocycles. The van der Waals surface area contributed by atoms with Crippen molar-refractivity contribution in [2.45, 2.75) is 11.3 Å². The van der Waals surface area contributed by atoms with Gasteiger partial charge in [0.15, 0.2) is 0 Å². The van der Waals surface area contributed by atoms with Gasteiger partial charge in [0.25, 0.3) is 0 Å². The molecule has 2 amide bonds. The summed E-state index contributed by atoms with van der Waals surface area (Å²) in [4.78, 5) is 26.8. The van der Waals surface area contributed by atoms with Crippen LogP contribution in [0.25, 0.3) is 0 Å². The second kappa shape index (κ2) is 11.3. The summed E-state index contributed by atoms with van der Waals surface area (Å²) in [6.45, 7) is 3.12. The van der Waals surface area contributed by atoms with Gasteiger partial charge in [-0.1, -0.05) is 12.1 Å². The van der Waals surface area contributed by atoms with E-state index in [0.717, 1.165) is 17.1 Å². The van der Waals surface area contributed by atoms with E-state index in [1.54, 1.807) is 23.8 Å². The average molecular weight is 374 g/mol. The van der Waals surface area contributed by atoms with Gasteiger partial charge in [0, 0.05) is 44.6 Å². The number of rotatable bonds is 9. The van der Waals surface area contributed by atoms with Crippen LogP contribution in [-0.4, -0.2) is 57.5 Å². The van der Waals surface area contributed by atoms with Crippen LogP contribution in [0.1, 0.15) is 6.42 Å². The lowest BCUT2D eigenvalue weighted by Crippen LogP contribution is -2.39. The van der Waals surface area contributed by atoms with Crippen molar-refractivity contribution in [3.63, 3.8) is 0 Å². The van der Waals surface area contributed by atoms with Crippen LogP contribution in [0.4, 0.5) is 5.69 Å². The molecule has 0 aliphatic carbocycles. The lowest BCUT2D eigenvalue weighted by Gasteiger charge is -2.28. The Morgan fingerprint density at radius 1 is 1.29 bits per heavy atom. The highest BCUT2D eigenvalue weighted by atomic mass is 35.5. The van der Waals surface area contributed by atoms with Crippen LogP contribution in [0, 0.1) is 0 Å². The molecule has 0 unspecified atom stereocenters. The maximum absolute atomic E-state index is 12.1. The number of anilines is 1. The number of hydrogen-bond acceptors (Lipinski definition) is 5. The van der Waals surface area contributed by atoms with E-state index in [2.05, 4.69) is 10.6 Å². The number of nitrogens with zero attached hydrogens (tertiary/aromatic N) is 1. The fraction of sp³-hybridized carbons (Fsp3) is 0.500. The van der Waals surface area contributed by atoms with E-state index in [1.807, 2.05) is 24.3 Å². The Morgan fingerprint density at radius 2 is 2.08 bits per heavy atom. The number of nitrogens with one attached hydrogen (secondary N) is 2. The first-order chi connectivity index (χ1) is 11.2. The smallest absolute Gasteiger partial charge is 0.237 e. The minimum absolute atomic E-state index is 0. The van der Waals surface area contributed by atoms with Crippen molar-refractivity contribution in [3.8, 4) is 0 Å². The maximum Gasteiger partial charge on any atom is 0.237 e. The molecule has 1 aliphatic rings. The van der Waals surface area contributed by atoms with Crippen molar-refractivity contribution >= 4 is 41.7 Å². The third kappa shape index (κ3) is 6.32. The predicted octanol–water partition coefficient (Wildman–Crippen LogP) is 1.29.